The fraction of sp³-hybridized carbons (Fsp3) is 0.632. The minimum Gasteiger partial charge on any atom is -0.339 e. The Labute approximate surface area is 134 Å². The Hall–Kier alpha value is -1.35. The van der Waals surface area contributed by atoms with Gasteiger partial charge in [0.05, 0.1) is 0 Å². The van der Waals surface area contributed by atoms with Crippen LogP contribution in [0.2, 0.25) is 0 Å². The van der Waals surface area contributed by atoms with Crippen LogP contribution in [0.1, 0.15) is 54.9 Å². The van der Waals surface area contributed by atoms with Crippen molar-refractivity contribution in [2.24, 2.45) is 5.92 Å². The molecule has 2 fully saturated rings. The second kappa shape index (κ2) is 7.28. The van der Waals surface area contributed by atoms with Gasteiger partial charge in [0.25, 0.3) is 5.91 Å². The second-order valence-corrected chi connectivity index (χ2v) is 7.03. The average Bonchev–Trinajstić information content (AvgIpc) is 2.56. The zero-order valence-electron chi connectivity index (χ0n) is 13.8. The van der Waals surface area contributed by atoms with Crippen LogP contribution in [0.25, 0.3) is 0 Å². The minimum atomic E-state index is 0.206. The third-order valence-electron chi connectivity index (χ3n) is 4.99. The van der Waals surface area contributed by atoms with Gasteiger partial charge in [-0.15, -0.1) is 0 Å². The number of carbonyl (C=O) groups is 1. The lowest BCUT2D eigenvalue weighted by molar-refractivity contribution is 0.0724. The summed E-state index contributed by atoms with van der Waals surface area (Å²) in [7, 11) is 0. The third-order valence-corrected chi connectivity index (χ3v) is 4.99. The van der Waals surface area contributed by atoms with E-state index in [-0.39, 0.29) is 5.91 Å². The van der Waals surface area contributed by atoms with Gasteiger partial charge in [-0.2, -0.15) is 0 Å². The van der Waals surface area contributed by atoms with Gasteiger partial charge in [0.15, 0.2) is 0 Å². The summed E-state index contributed by atoms with van der Waals surface area (Å²) < 4.78 is 0. The number of hydrogen-bond acceptors (Lipinski definition) is 2. The van der Waals surface area contributed by atoms with Crippen LogP contribution < -0.4 is 0 Å². The highest BCUT2D eigenvalue weighted by molar-refractivity contribution is 5.94. The molecule has 3 heteroatoms. The van der Waals surface area contributed by atoms with E-state index in [1.807, 2.05) is 17.0 Å². The molecule has 0 aliphatic carbocycles. The van der Waals surface area contributed by atoms with E-state index in [1.165, 1.54) is 37.9 Å². The lowest BCUT2D eigenvalue weighted by atomic mass is 9.99. The number of carbonyl (C=O) groups excluding carboxylic acids is 1. The molecular formula is C19H28N2O. The molecule has 1 aromatic carbocycles. The first-order valence-corrected chi connectivity index (χ1v) is 8.83. The normalized spacial score (nSPS) is 23.5. The molecule has 0 bridgehead atoms. The summed E-state index contributed by atoms with van der Waals surface area (Å²) >= 11 is 0. The average molecular weight is 300 g/mol. The Balaban J connectivity index is 1.58. The molecular weight excluding hydrogens is 272 g/mol. The molecule has 22 heavy (non-hydrogen) atoms. The maximum Gasteiger partial charge on any atom is 0.253 e. The maximum absolute atomic E-state index is 12.5. The third kappa shape index (κ3) is 3.89. The molecule has 3 nitrogen and oxygen atoms in total. The molecule has 1 amide bonds. The summed E-state index contributed by atoms with van der Waals surface area (Å²) in [6.45, 7) is 7.61. The van der Waals surface area contributed by atoms with Crippen LogP contribution in [0.3, 0.4) is 0 Å². The number of nitrogens with zero attached hydrogens (tertiary/aromatic N) is 2. The Bertz CT molecular complexity index is 491. The first kappa shape index (κ1) is 15.5. The van der Waals surface area contributed by atoms with Gasteiger partial charge in [0.2, 0.25) is 0 Å². The second-order valence-electron chi connectivity index (χ2n) is 7.03. The molecule has 0 aromatic heterocycles. The number of benzene rings is 1. The summed E-state index contributed by atoms with van der Waals surface area (Å²) in [6, 6.07) is 8.30. The lowest BCUT2D eigenvalue weighted by Gasteiger charge is -2.31. The SMILES string of the molecule is C[C@@H]1CCCN(Cc2ccc(C(=O)N3CCCCC3)cc2)C1. The van der Waals surface area contributed by atoms with Crippen molar-refractivity contribution in [1.29, 1.82) is 0 Å². The maximum atomic E-state index is 12.5. The standard InChI is InChI=1S/C19H28N2O/c1-16-6-5-11-20(14-16)15-17-7-9-18(10-8-17)19(22)21-12-3-2-4-13-21/h7-10,16H,2-6,11-15H2,1H3/t16-/m1/s1. The van der Waals surface area contributed by atoms with Crippen LogP contribution in [0, 0.1) is 5.92 Å². The van der Waals surface area contributed by atoms with Crippen LogP contribution in [0.5, 0.6) is 0 Å². The van der Waals surface area contributed by atoms with Gasteiger partial charge in [0.1, 0.15) is 0 Å². The van der Waals surface area contributed by atoms with Crippen molar-refractivity contribution in [2.75, 3.05) is 26.2 Å². The van der Waals surface area contributed by atoms with Crippen molar-refractivity contribution < 1.29 is 4.79 Å². The van der Waals surface area contributed by atoms with E-state index >= 15 is 0 Å². The van der Waals surface area contributed by atoms with Gasteiger partial charge in [-0.3, -0.25) is 9.69 Å². The molecule has 1 aromatic rings. The van der Waals surface area contributed by atoms with Crippen LogP contribution >= 0.6 is 0 Å². The number of hydrogen-bond donors (Lipinski definition) is 0. The summed E-state index contributed by atoms with van der Waals surface area (Å²) in [5.41, 5.74) is 2.17. The van der Waals surface area contributed by atoms with Crippen molar-refractivity contribution in [3.63, 3.8) is 0 Å². The van der Waals surface area contributed by atoms with E-state index in [0.29, 0.717) is 0 Å². The Kier molecular flexibility index (Phi) is 5.14. The zero-order chi connectivity index (χ0) is 15.4. The van der Waals surface area contributed by atoms with E-state index in [9.17, 15) is 4.79 Å². The van der Waals surface area contributed by atoms with Gasteiger partial charge < -0.3 is 4.90 Å². The van der Waals surface area contributed by atoms with Crippen LogP contribution in [0.15, 0.2) is 24.3 Å². The Morgan fingerprint density at radius 2 is 1.77 bits per heavy atom. The van der Waals surface area contributed by atoms with E-state index in [4.69, 9.17) is 0 Å². The predicted molar refractivity (Wildman–Crippen MR) is 89.9 cm³/mol. The highest BCUT2D eigenvalue weighted by Gasteiger charge is 2.19. The minimum absolute atomic E-state index is 0.206. The monoisotopic (exact) mass is 300 g/mol. The van der Waals surface area contributed by atoms with Gasteiger partial charge in [-0.1, -0.05) is 19.1 Å². The Morgan fingerprint density at radius 3 is 2.45 bits per heavy atom. The van der Waals surface area contributed by atoms with Crippen LogP contribution in [-0.4, -0.2) is 41.9 Å². The zero-order valence-corrected chi connectivity index (χ0v) is 13.8. The number of rotatable bonds is 3. The summed E-state index contributed by atoms with van der Waals surface area (Å²) in [5, 5.41) is 0. The van der Waals surface area contributed by atoms with E-state index < -0.39 is 0 Å². The summed E-state index contributed by atoms with van der Waals surface area (Å²) in [6.07, 6.45) is 6.23. The number of likely N-dealkylation sites (tertiary alicyclic amines) is 2. The van der Waals surface area contributed by atoms with Crippen molar-refractivity contribution in [3.8, 4) is 0 Å². The molecule has 120 valence electrons. The van der Waals surface area contributed by atoms with Crippen molar-refractivity contribution >= 4 is 5.91 Å². The fourth-order valence-corrected chi connectivity index (χ4v) is 3.72. The molecule has 2 heterocycles. The topological polar surface area (TPSA) is 23.6 Å². The summed E-state index contributed by atoms with van der Waals surface area (Å²) in [4.78, 5) is 17.0. The smallest absolute Gasteiger partial charge is 0.253 e. The van der Waals surface area contributed by atoms with Crippen molar-refractivity contribution in [1.82, 2.24) is 9.80 Å². The lowest BCUT2D eigenvalue weighted by Crippen LogP contribution is -2.35. The predicted octanol–water partition coefficient (Wildman–Crippen LogP) is 3.54. The molecule has 1 atom stereocenters. The van der Waals surface area contributed by atoms with Crippen molar-refractivity contribution in [3.05, 3.63) is 35.4 Å². The molecule has 2 aliphatic heterocycles. The van der Waals surface area contributed by atoms with E-state index in [0.717, 1.165) is 44.0 Å². The molecule has 3 rings (SSSR count). The number of amides is 1. The first-order valence-electron chi connectivity index (χ1n) is 8.83. The van der Waals surface area contributed by atoms with Gasteiger partial charge in [-0.25, -0.2) is 0 Å². The van der Waals surface area contributed by atoms with E-state index in [1.54, 1.807) is 0 Å². The van der Waals surface area contributed by atoms with Gasteiger partial charge >= 0.3 is 0 Å². The van der Waals surface area contributed by atoms with Crippen LogP contribution in [0.4, 0.5) is 0 Å². The molecule has 0 spiro atoms. The molecule has 0 radical (unpaired) electrons. The molecule has 0 unspecified atom stereocenters. The van der Waals surface area contributed by atoms with Gasteiger partial charge in [-0.05, 0) is 62.3 Å². The van der Waals surface area contributed by atoms with E-state index in [2.05, 4.69) is 24.0 Å². The first-order chi connectivity index (χ1) is 10.7. The highest BCUT2D eigenvalue weighted by atomic mass is 16.2. The molecule has 2 aliphatic rings. The fourth-order valence-electron chi connectivity index (χ4n) is 3.72. The highest BCUT2D eigenvalue weighted by Crippen LogP contribution is 2.19. The summed E-state index contributed by atoms with van der Waals surface area (Å²) in [5.74, 6) is 1.02. The Morgan fingerprint density at radius 1 is 1.05 bits per heavy atom. The molecule has 2 saturated heterocycles. The molecule has 0 N–H and O–H groups in total. The quantitative estimate of drug-likeness (QED) is 0.852. The van der Waals surface area contributed by atoms with Crippen LogP contribution in [-0.2, 0) is 6.54 Å². The largest absolute Gasteiger partial charge is 0.339 e. The number of piperidine rings is 2. The molecule has 0 saturated carbocycles. The van der Waals surface area contributed by atoms with Crippen molar-refractivity contribution in [2.45, 2.75) is 45.6 Å². The van der Waals surface area contributed by atoms with Gasteiger partial charge in [0, 0.05) is 31.7 Å².